The van der Waals surface area contributed by atoms with Gasteiger partial charge in [-0.25, -0.2) is 108 Å². The predicted molar refractivity (Wildman–Crippen MR) is 369 cm³/mol. The van der Waals surface area contributed by atoms with Crippen LogP contribution in [0.1, 0.15) is 45.6 Å². The highest BCUT2D eigenvalue weighted by atomic mass is 19.2. The zero-order valence-electron chi connectivity index (χ0n) is 53.7. The Morgan fingerprint density at radius 2 is 0.333 bits per heavy atom. The molecule has 0 saturated heterocycles. The molecule has 26 heteroatoms. The molecule has 0 unspecified atom stereocenters. The quantitative estimate of drug-likeness (QED) is 0.0752. The summed E-state index contributed by atoms with van der Waals surface area (Å²) in [6.45, 7) is 0. The van der Waals surface area contributed by atoms with E-state index in [4.69, 9.17) is 9.97 Å². The summed E-state index contributed by atoms with van der Waals surface area (Å²) < 4.78 is 324. The Kier molecular flexibility index (Phi) is 15.9. The lowest BCUT2D eigenvalue weighted by Gasteiger charge is -2.14. The molecule has 108 heavy (non-hydrogen) atoms. The Hall–Kier alpha value is -13.3. The molecule has 17 rings (SSSR count). The zero-order chi connectivity index (χ0) is 75.5. The fourth-order valence-electron chi connectivity index (χ4n) is 14.2. The summed E-state index contributed by atoms with van der Waals surface area (Å²) in [4.78, 5) is 24.2. The third kappa shape index (κ3) is 10.2. The molecule has 6 nitrogen and oxygen atoms in total. The number of aromatic nitrogens is 6. The van der Waals surface area contributed by atoms with E-state index in [1.54, 1.807) is 109 Å². The van der Waals surface area contributed by atoms with Crippen molar-refractivity contribution in [1.29, 1.82) is 0 Å². The Morgan fingerprint density at radius 1 is 0.167 bits per heavy atom. The largest absolute Gasteiger partial charge is 0.354 e. The van der Waals surface area contributed by atoms with E-state index in [-0.39, 0.29) is 44.7 Å². The number of halogens is 20. The molecule has 0 saturated carbocycles. The van der Waals surface area contributed by atoms with Gasteiger partial charge >= 0.3 is 0 Å². The molecule has 0 atom stereocenters. The molecule has 0 spiro atoms. The average Bonchev–Trinajstić information content (AvgIpc) is 1.72. The van der Waals surface area contributed by atoms with Crippen LogP contribution in [0.15, 0.2) is 133 Å². The van der Waals surface area contributed by atoms with Crippen molar-refractivity contribution < 1.29 is 87.8 Å². The fraction of sp³-hybridized carbons (Fsp3) is 0. The molecule has 2 N–H and O–H groups in total. The minimum absolute atomic E-state index is 0.159. The Bertz CT molecular complexity index is 6200. The van der Waals surface area contributed by atoms with Gasteiger partial charge in [-0.2, -0.15) is 0 Å². The monoisotopic (exact) mass is 1480 g/mol. The van der Waals surface area contributed by atoms with Gasteiger partial charge < -0.3 is 9.97 Å². The highest BCUT2D eigenvalue weighted by Crippen LogP contribution is 2.49. The maximum atomic E-state index is 17.0. The summed E-state index contributed by atoms with van der Waals surface area (Å²) >= 11 is 0. The Labute approximate surface area is 591 Å². The predicted octanol–water partition coefficient (Wildman–Crippen LogP) is 24.1. The standard InChI is InChI=1S/C82H32F20N6/c83-63-59(64(84)72(92)79(99)71(63)91)55-43-21-17-39(103-43)53(51-35-13-5-1-9-31(35)29-32-10-2-6-14-36(32)51)40-18-22-44(104-40)56(60-65(85)73(93)80(100)74(94)66(60)86)48-26-28-50(108-48)58(62-69(89)77(97)82(102)78(98)70(62)90)46-24-20-42(106-46)54(52-37-15-7-3-11-33(37)30-34-12-4-8-16-38(34)52)41-19-23-45(105-41)57(49-27-25-47(55)107-49)61-67(87)75(95)81(101)76(96)68(61)88/h1-30,103,106H. The maximum Gasteiger partial charge on any atom is 0.200 e. The van der Waals surface area contributed by atoms with Crippen molar-refractivity contribution in [2.45, 2.75) is 0 Å². The zero-order valence-corrected chi connectivity index (χ0v) is 53.7. The van der Waals surface area contributed by atoms with E-state index in [1.807, 2.05) is 0 Å². The van der Waals surface area contributed by atoms with Crippen LogP contribution in [0.4, 0.5) is 87.8 Å². The molecule has 0 amide bonds. The third-order valence-electron chi connectivity index (χ3n) is 18.9. The van der Waals surface area contributed by atoms with Gasteiger partial charge in [-0.05, 0) is 128 Å². The first kappa shape index (κ1) is 67.9. The number of H-pyrrole nitrogens is 2. The first-order valence-electron chi connectivity index (χ1n) is 32.0. The first-order chi connectivity index (χ1) is 51.9. The van der Waals surface area contributed by atoms with Crippen LogP contribution in [0.25, 0.3) is 181 Å². The molecule has 3 aromatic heterocycles. The van der Waals surface area contributed by atoms with E-state index in [2.05, 4.69) is 19.9 Å². The first-order valence-corrected chi connectivity index (χ1v) is 32.0. The second-order valence-corrected chi connectivity index (χ2v) is 24.9. The molecule has 0 aliphatic carbocycles. The number of rotatable bonds is 6. The number of nitrogens with zero attached hydrogens (tertiary/aromatic N) is 4. The van der Waals surface area contributed by atoms with Crippen LogP contribution in [0.5, 0.6) is 0 Å². The van der Waals surface area contributed by atoms with E-state index in [9.17, 15) is 0 Å². The maximum absolute atomic E-state index is 17.0. The fourth-order valence-corrected chi connectivity index (χ4v) is 14.2. The summed E-state index contributed by atoms with van der Waals surface area (Å²) in [5, 5.41) is 3.28. The highest BCUT2D eigenvalue weighted by molar-refractivity contribution is 6.18. The summed E-state index contributed by atoms with van der Waals surface area (Å²) in [6.07, 6.45) is 7.54. The van der Waals surface area contributed by atoms with Gasteiger partial charge in [-0.15, -0.1) is 0 Å². The summed E-state index contributed by atoms with van der Waals surface area (Å²) in [5.74, 6) is -50.7. The molecule has 4 aliphatic heterocycles. The van der Waals surface area contributed by atoms with Crippen LogP contribution in [0.2, 0.25) is 0 Å². The van der Waals surface area contributed by atoms with Crippen molar-refractivity contribution in [3.05, 3.63) is 295 Å². The van der Waals surface area contributed by atoms with E-state index in [0.29, 0.717) is 43.1 Å². The third-order valence-corrected chi connectivity index (χ3v) is 18.9. The summed E-state index contributed by atoms with van der Waals surface area (Å²) in [7, 11) is 0. The molecule has 13 aromatic rings. The van der Waals surface area contributed by atoms with Gasteiger partial charge in [0, 0.05) is 66.6 Å². The SMILES string of the molecule is Fc1c(F)c(F)c(-c2c3nc(c(-c4c(F)c(F)c(F)c(F)c4F)c4ccc([nH]4)c(-c4c5ccccc5cc5ccccc45)c4nc(c(-c5c(F)c(F)c(F)c(F)c5F)c5nc(c(-c6c(F)c(F)c(F)c(F)c6F)c6ccc([nH]6)c(-c6c7ccccc7cc7ccccc67)c6nc2C=C6)C=C5)C=C4)C=C3)c(F)c1F. The molecule has 530 valence electrons. The molecule has 4 aliphatic rings. The van der Waals surface area contributed by atoms with E-state index < -0.39 is 206 Å². The number of hydrogen-bond acceptors (Lipinski definition) is 4. The lowest BCUT2D eigenvalue weighted by atomic mass is 9.91. The van der Waals surface area contributed by atoms with Crippen molar-refractivity contribution >= 4 is 114 Å². The van der Waals surface area contributed by atoms with Crippen molar-refractivity contribution in [2.24, 2.45) is 0 Å². The van der Waals surface area contributed by atoms with E-state index >= 15 is 87.8 Å². The summed E-state index contributed by atoms with van der Waals surface area (Å²) in [6, 6.07) is 33.9. The smallest absolute Gasteiger partial charge is 0.200 e. The van der Waals surface area contributed by atoms with Gasteiger partial charge in [0.2, 0.25) is 23.3 Å². The number of fused-ring (bicyclic) bond motifs is 16. The number of hydrogen-bond donors (Lipinski definition) is 2. The van der Waals surface area contributed by atoms with E-state index in [0.717, 1.165) is 60.7 Å². The van der Waals surface area contributed by atoms with Gasteiger partial charge in [-0.3, -0.25) is 0 Å². The second-order valence-electron chi connectivity index (χ2n) is 24.9. The van der Waals surface area contributed by atoms with Gasteiger partial charge in [0.25, 0.3) is 0 Å². The normalized spacial score (nSPS) is 12.5. The molecular formula is C82H32F20N6. The second kappa shape index (κ2) is 25.2. The molecular weight excluding hydrogens is 1450 g/mol. The van der Waals surface area contributed by atoms with Crippen molar-refractivity contribution in [3.63, 3.8) is 0 Å². The van der Waals surface area contributed by atoms with Crippen molar-refractivity contribution in [3.8, 4) is 66.8 Å². The summed E-state index contributed by atoms with van der Waals surface area (Å²) in [5.41, 5.74) is -18.6. The average molecular weight is 1480 g/mol. The molecule has 0 fully saturated rings. The molecule has 10 aromatic carbocycles. The van der Waals surface area contributed by atoms with E-state index in [1.165, 1.54) is 12.1 Å². The lowest BCUT2D eigenvalue weighted by Crippen LogP contribution is -2.06. The van der Waals surface area contributed by atoms with Crippen LogP contribution in [-0.4, -0.2) is 29.9 Å². The molecule has 7 heterocycles. The van der Waals surface area contributed by atoms with Gasteiger partial charge in [0.05, 0.1) is 67.8 Å². The van der Waals surface area contributed by atoms with Crippen LogP contribution in [-0.2, 0) is 0 Å². The van der Waals surface area contributed by atoms with Gasteiger partial charge in [-0.1, -0.05) is 97.1 Å². The molecule has 0 radical (unpaired) electrons. The Morgan fingerprint density at radius 3 is 0.546 bits per heavy atom. The van der Waals surface area contributed by atoms with Crippen LogP contribution in [0.3, 0.4) is 0 Å². The minimum Gasteiger partial charge on any atom is -0.354 e. The topological polar surface area (TPSA) is 83.1 Å². The van der Waals surface area contributed by atoms with Crippen LogP contribution < -0.4 is 0 Å². The van der Waals surface area contributed by atoms with Crippen LogP contribution >= 0.6 is 0 Å². The van der Waals surface area contributed by atoms with Gasteiger partial charge in [0.15, 0.2) is 93.1 Å². The number of aromatic amines is 2. The lowest BCUT2D eigenvalue weighted by molar-refractivity contribution is 0.381. The van der Waals surface area contributed by atoms with Crippen molar-refractivity contribution in [2.75, 3.05) is 0 Å². The van der Waals surface area contributed by atoms with Crippen LogP contribution in [0, 0.1) is 116 Å². The highest BCUT2D eigenvalue weighted by Gasteiger charge is 2.37. The molecule has 12 bridgehead atoms. The Balaban J connectivity index is 1.14. The number of nitrogens with one attached hydrogen (secondary N) is 2. The minimum atomic E-state index is -2.65. The number of benzene rings is 10. The van der Waals surface area contributed by atoms with Gasteiger partial charge in [0.1, 0.15) is 0 Å². The van der Waals surface area contributed by atoms with Crippen molar-refractivity contribution in [1.82, 2.24) is 29.9 Å².